The molecule has 0 radical (unpaired) electrons. The van der Waals surface area contributed by atoms with Gasteiger partial charge in [0, 0.05) is 31.0 Å². The van der Waals surface area contributed by atoms with Gasteiger partial charge in [0.25, 0.3) is 0 Å². The van der Waals surface area contributed by atoms with Crippen LogP contribution in [0, 0.1) is 0 Å². The molecule has 0 N–H and O–H groups in total. The van der Waals surface area contributed by atoms with Crippen LogP contribution in [0.4, 0.5) is 0 Å². The van der Waals surface area contributed by atoms with Crippen LogP contribution in [0.2, 0.25) is 0 Å². The van der Waals surface area contributed by atoms with Crippen molar-refractivity contribution in [1.29, 1.82) is 0 Å². The molecular formula is C17H22BrNO6. The number of methoxy groups -OCH3 is 2. The Balaban J connectivity index is 2.11. The second-order valence-corrected chi connectivity index (χ2v) is 6.14. The van der Waals surface area contributed by atoms with Crippen LogP contribution in [0.3, 0.4) is 0 Å². The number of hydrogen-bond donors (Lipinski definition) is 0. The Labute approximate surface area is 155 Å². The van der Waals surface area contributed by atoms with Crippen LogP contribution in [0.25, 0.3) is 0 Å². The van der Waals surface area contributed by atoms with Gasteiger partial charge in [0.05, 0.1) is 38.1 Å². The summed E-state index contributed by atoms with van der Waals surface area (Å²) in [5.41, 5.74) is 0.313. The van der Waals surface area contributed by atoms with E-state index in [-0.39, 0.29) is 23.5 Å². The number of carbonyl (C=O) groups excluding carboxylic acids is 2. The topological polar surface area (TPSA) is 74.3 Å². The van der Waals surface area contributed by atoms with Gasteiger partial charge in [0.1, 0.15) is 0 Å². The van der Waals surface area contributed by atoms with Crippen LogP contribution in [-0.4, -0.2) is 68.5 Å². The summed E-state index contributed by atoms with van der Waals surface area (Å²) in [7, 11) is 2.55. The molecule has 138 valence electrons. The third-order valence-corrected chi connectivity index (χ3v) is 4.51. The van der Waals surface area contributed by atoms with Gasteiger partial charge >= 0.3 is 11.9 Å². The minimum Gasteiger partial charge on any atom is -0.465 e. The van der Waals surface area contributed by atoms with Gasteiger partial charge in [-0.15, -0.1) is 0 Å². The minimum absolute atomic E-state index is 0.0623. The van der Waals surface area contributed by atoms with Crippen LogP contribution in [0.1, 0.15) is 6.42 Å². The fourth-order valence-corrected chi connectivity index (χ4v) is 2.82. The smallest absolute Gasteiger partial charge is 0.340 e. The van der Waals surface area contributed by atoms with E-state index >= 15 is 0 Å². The van der Waals surface area contributed by atoms with E-state index in [1.807, 2.05) is 11.0 Å². The highest BCUT2D eigenvalue weighted by atomic mass is 79.9. The lowest BCUT2D eigenvalue weighted by Gasteiger charge is -2.23. The first-order chi connectivity index (χ1) is 12.1. The minimum atomic E-state index is -0.593. The monoisotopic (exact) mass is 415 g/mol. The molecule has 7 nitrogen and oxygen atoms in total. The number of halogens is 1. The third-order valence-electron chi connectivity index (χ3n) is 3.79. The van der Waals surface area contributed by atoms with Crippen LogP contribution in [0.5, 0.6) is 0 Å². The zero-order valence-electron chi connectivity index (χ0n) is 14.3. The molecule has 2 unspecified atom stereocenters. The molecule has 0 amide bonds. The summed E-state index contributed by atoms with van der Waals surface area (Å²) in [6.07, 6.45) is 7.21. The molecule has 0 aliphatic carbocycles. The second kappa shape index (κ2) is 9.74. The maximum atomic E-state index is 12.1. The molecule has 2 heterocycles. The largest absolute Gasteiger partial charge is 0.465 e. The molecule has 2 aliphatic heterocycles. The summed E-state index contributed by atoms with van der Waals surface area (Å²) in [6.45, 7) is 1.74. The van der Waals surface area contributed by atoms with E-state index < -0.39 is 11.9 Å². The lowest BCUT2D eigenvalue weighted by molar-refractivity contribution is -0.139. The van der Waals surface area contributed by atoms with Gasteiger partial charge < -0.3 is 23.8 Å². The zero-order valence-corrected chi connectivity index (χ0v) is 15.9. The number of ether oxygens (including phenoxy) is 4. The zero-order chi connectivity index (χ0) is 18.2. The lowest BCUT2D eigenvalue weighted by Crippen LogP contribution is -2.27. The Bertz CT molecular complexity index is 586. The standard InChI is InChI=1S/C17H22BrNO6/c1-22-16(20)13-5-3-4-7-19(10-14(13)17(21)23-2)8-6-15-24-11-12(9-18)25-15/h3-5,10,12,15H,6-9,11H2,1-2H3/b4-3-,13-5+,14-10+. The van der Waals surface area contributed by atoms with Crippen molar-refractivity contribution >= 4 is 27.9 Å². The first kappa shape index (κ1) is 19.7. The number of rotatable bonds is 6. The average Bonchev–Trinajstić information content (AvgIpc) is 3.08. The van der Waals surface area contributed by atoms with Crippen LogP contribution in [0.15, 0.2) is 35.6 Å². The summed E-state index contributed by atoms with van der Waals surface area (Å²) in [6, 6.07) is 0. The predicted octanol–water partition coefficient (Wildman–Crippen LogP) is 1.54. The highest BCUT2D eigenvalue weighted by Gasteiger charge is 2.26. The van der Waals surface area contributed by atoms with Gasteiger partial charge in [-0.3, -0.25) is 0 Å². The Morgan fingerprint density at radius 2 is 2.00 bits per heavy atom. The van der Waals surface area contributed by atoms with Crippen molar-refractivity contribution in [3.05, 3.63) is 35.6 Å². The van der Waals surface area contributed by atoms with Gasteiger partial charge in [-0.1, -0.05) is 28.1 Å². The molecule has 0 aromatic rings. The van der Waals surface area contributed by atoms with Crippen LogP contribution >= 0.6 is 15.9 Å². The summed E-state index contributed by atoms with van der Waals surface area (Å²) in [4.78, 5) is 26.0. The summed E-state index contributed by atoms with van der Waals surface area (Å²) < 4.78 is 20.9. The number of hydrogen-bond acceptors (Lipinski definition) is 7. The molecule has 0 bridgehead atoms. The van der Waals surface area contributed by atoms with Crippen molar-refractivity contribution in [2.45, 2.75) is 18.8 Å². The number of alkyl halides is 1. The van der Waals surface area contributed by atoms with E-state index in [4.69, 9.17) is 18.9 Å². The van der Waals surface area contributed by atoms with Crippen molar-refractivity contribution in [2.24, 2.45) is 0 Å². The molecule has 1 saturated heterocycles. The highest BCUT2D eigenvalue weighted by Crippen LogP contribution is 2.20. The Morgan fingerprint density at radius 1 is 1.28 bits per heavy atom. The molecule has 0 saturated carbocycles. The van der Waals surface area contributed by atoms with Crippen molar-refractivity contribution in [3.8, 4) is 0 Å². The highest BCUT2D eigenvalue weighted by molar-refractivity contribution is 9.09. The summed E-state index contributed by atoms with van der Waals surface area (Å²) in [5, 5.41) is 0.732. The quantitative estimate of drug-likeness (QED) is 0.481. The van der Waals surface area contributed by atoms with E-state index in [1.165, 1.54) is 14.2 Å². The van der Waals surface area contributed by atoms with Crippen molar-refractivity contribution in [1.82, 2.24) is 4.90 Å². The van der Waals surface area contributed by atoms with E-state index in [9.17, 15) is 9.59 Å². The van der Waals surface area contributed by atoms with E-state index in [1.54, 1.807) is 18.4 Å². The maximum absolute atomic E-state index is 12.1. The number of carbonyl (C=O) groups is 2. The average molecular weight is 416 g/mol. The van der Waals surface area contributed by atoms with Crippen molar-refractivity contribution in [3.63, 3.8) is 0 Å². The first-order valence-corrected chi connectivity index (χ1v) is 9.04. The third kappa shape index (κ3) is 5.42. The first-order valence-electron chi connectivity index (χ1n) is 7.91. The van der Waals surface area contributed by atoms with E-state index in [0.717, 1.165) is 5.33 Å². The normalized spacial score (nSPS) is 28.8. The second-order valence-electron chi connectivity index (χ2n) is 5.49. The number of nitrogens with zero attached hydrogens (tertiary/aromatic N) is 1. The van der Waals surface area contributed by atoms with Gasteiger partial charge in [-0.05, 0) is 6.08 Å². The molecule has 25 heavy (non-hydrogen) atoms. The van der Waals surface area contributed by atoms with Crippen molar-refractivity contribution < 1.29 is 28.5 Å². The molecule has 0 aromatic heterocycles. The van der Waals surface area contributed by atoms with Crippen molar-refractivity contribution in [2.75, 3.05) is 39.2 Å². The fraction of sp³-hybridized carbons (Fsp3) is 0.529. The number of esters is 2. The molecule has 2 aliphatic rings. The van der Waals surface area contributed by atoms with E-state index in [2.05, 4.69) is 15.9 Å². The molecule has 0 spiro atoms. The van der Waals surface area contributed by atoms with Gasteiger partial charge in [0.2, 0.25) is 0 Å². The SMILES string of the molecule is COC(=O)C1=C/C=C\CN(CCC2OCC(CBr)O2)/C=C\1C(=O)OC. The molecule has 8 heteroatoms. The molecule has 1 fully saturated rings. The summed E-state index contributed by atoms with van der Waals surface area (Å²) in [5.74, 6) is -1.18. The van der Waals surface area contributed by atoms with Crippen LogP contribution in [-0.2, 0) is 28.5 Å². The van der Waals surface area contributed by atoms with E-state index in [0.29, 0.717) is 26.1 Å². The van der Waals surface area contributed by atoms with Gasteiger partial charge in [-0.25, -0.2) is 9.59 Å². The van der Waals surface area contributed by atoms with Gasteiger partial charge in [0.15, 0.2) is 6.29 Å². The lowest BCUT2D eigenvalue weighted by atomic mass is 10.1. The Kier molecular flexibility index (Phi) is 7.67. The fourth-order valence-electron chi connectivity index (χ4n) is 2.48. The Morgan fingerprint density at radius 3 is 2.64 bits per heavy atom. The molecule has 2 atom stereocenters. The van der Waals surface area contributed by atoms with Crippen LogP contribution < -0.4 is 0 Å². The Hall–Kier alpha value is -1.64. The number of allylic oxidation sites excluding steroid dienone is 2. The maximum Gasteiger partial charge on any atom is 0.340 e. The predicted molar refractivity (Wildman–Crippen MR) is 93.9 cm³/mol. The molecular weight excluding hydrogens is 394 g/mol. The summed E-state index contributed by atoms with van der Waals surface area (Å²) >= 11 is 3.37. The van der Waals surface area contributed by atoms with Gasteiger partial charge in [-0.2, -0.15) is 0 Å². The molecule has 0 aromatic carbocycles. The molecule has 2 rings (SSSR count).